The van der Waals surface area contributed by atoms with E-state index in [4.69, 9.17) is 4.74 Å². The molecule has 2 aliphatic rings. The van der Waals surface area contributed by atoms with Crippen LogP contribution in [0, 0.1) is 5.92 Å². The van der Waals surface area contributed by atoms with Crippen molar-refractivity contribution in [1.82, 2.24) is 0 Å². The predicted octanol–water partition coefficient (Wildman–Crippen LogP) is 2.52. The highest BCUT2D eigenvalue weighted by Crippen LogP contribution is 2.34. The summed E-state index contributed by atoms with van der Waals surface area (Å²) >= 11 is 0. The Balaban J connectivity index is 2.27. The molecule has 98 valence electrons. The molecule has 3 atom stereocenters. The van der Waals surface area contributed by atoms with Crippen LogP contribution in [0.3, 0.4) is 0 Å². The lowest BCUT2D eigenvalue weighted by Gasteiger charge is -2.18. The zero-order chi connectivity index (χ0) is 13.3. The molecule has 2 rings (SSSR count). The van der Waals surface area contributed by atoms with Gasteiger partial charge in [-0.2, -0.15) is 0 Å². The molecule has 0 amide bonds. The molecule has 1 fully saturated rings. The number of hydrogen-bond donors (Lipinski definition) is 1. The van der Waals surface area contributed by atoms with Gasteiger partial charge >= 0.3 is 5.97 Å². The van der Waals surface area contributed by atoms with Crippen molar-refractivity contribution < 1.29 is 14.6 Å². The van der Waals surface area contributed by atoms with E-state index in [1.54, 1.807) is 0 Å². The minimum atomic E-state index is -0.446. The lowest BCUT2D eigenvalue weighted by molar-refractivity contribution is -0.137. The maximum atomic E-state index is 11.6. The molecule has 0 radical (unpaired) electrons. The molecule has 1 saturated heterocycles. The lowest BCUT2D eigenvalue weighted by Crippen LogP contribution is -2.17. The van der Waals surface area contributed by atoms with Crippen molar-refractivity contribution in [3.05, 3.63) is 35.5 Å². The van der Waals surface area contributed by atoms with Gasteiger partial charge in [0.15, 0.2) is 0 Å². The molecule has 18 heavy (non-hydrogen) atoms. The Labute approximate surface area is 108 Å². The summed E-state index contributed by atoms with van der Waals surface area (Å²) in [4.78, 5) is 11.6. The predicted molar refractivity (Wildman–Crippen MR) is 69.9 cm³/mol. The minimum absolute atomic E-state index is 0.0750. The molecule has 1 aliphatic heterocycles. The fourth-order valence-corrected chi connectivity index (χ4v) is 2.65. The van der Waals surface area contributed by atoms with Crippen LogP contribution in [-0.2, 0) is 9.53 Å². The normalized spacial score (nSPS) is 39.2. The van der Waals surface area contributed by atoms with Crippen molar-refractivity contribution in [2.45, 2.75) is 45.3 Å². The Morgan fingerprint density at radius 3 is 2.78 bits per heavy atom. The summed E-state index contributed by atoms with van der Waals surface area (Å²) in [5.41, 5.74) is 2.78. The zero-order valence-corrected chi connectivity index (χ0v) is 11.0. The molecule has 1 N–H and O–H groups in total. The zero-order valence-electron chi connectivity index (χ0n) is 11.0. The van der Waals surface area contributed by atoms with E-state index < -0.39 is 6.10 Å². The first-order valence-electron chi connectivity index (χ1n) is 6.40. The van der Waals surface area contributed by atoms with Crippen molar-refractivity contribution in [2.75, 3.05) is 0 Å². The highest BCUT2D eigenvalue weighted by molar-refractivity contribution is 5.91. The maximum absolute atomic E-state index is 11.6. The van der Waals surface area contributed by atoms with Crippen LogP contribution in [0.5, 0.6) is 0 Å². The molecule has 3 heteroatoms. The van der Waals surface area contributed by atoms with E-state index in [0.717, 1.165) is 24.0 Å². The van der Waals surface area contributed by atoms with Crippen LogP contribution in [-0.4, -0.2) is 23.3 Å². The average Bonchev–Trinajstić information content (AvgIpc) is 2.51. The van der Waals surface area contributed by atoms with Gasteiger partial charge in [-0.1, -0.05) is 23.8 Å². The van der Waals surface area contributed by atoms with Crippen molar-refractivity contribution in [3.8, 4) is 0 Å². The summed E-state index contributed by atoms with van der Waals surface area (Å²) in [5, 5.41) is 9.87. The summed E-state index contributed by atoms with van der Waals surface area (Å²) in [6, 6.07) is 0. The molecular formula is C15H20O3. The van der Waals surface area contributed by atoms with Crippen LogP contribution in [0.25, 0.3) is 0 Å². The number of rotatable bonds is 0. The van der Waals surface area contributed by atoms with E-state index in [2.05, 4.69) is 6.58 Å². The molecule has 0 aromatic heterocycles. The Morgan fingerprint density at radius 2 is 2.06 bits per heavy atom. The Kier molecular flexibility index (Phi) is 3.71. The first kappa shape index (κ1) is 13.1. The number of hydrogen-bond acceptors (Lipinski definition) is 3. The Morgan fingerprint density at radius 1 is 1.33 bits per heavy atom. The van der Waals surface area contributed by atoms with Gasteiger partial charge in [-0.05, 0) is 39.2 Å². The van der Waals surface area contributed by atoms with Gasteiger partial charge in [0.1, 0.15) is 6.10 Å². The second kappa shape index (κ2) is 5.11. The molecular weight excluding hydrogens is 228 g/mol. The largest absolute Gasteiger partial charge is 0.454 e. The van der Waals surface area contributed by atoms with Gasteiger partial charge in [0.25, 0.3) is 0 Å². The monoisotopic (exact) mass is 248 g/mol. The van der Waals surface area contributed by atoms with Crippen molar-refractivity contribution in [1.29, 1.82) is 0 Å². The van der Waals surface area contributed by atoms with Crippen molar-refractivity contribution in [3.63, 3.8) is 0 Å². The van der Waals surface area contributed by atoms with Gasteiger partial charge in [0.05, 0.1) is 6.10 Å². The smallest absolute Gasteiger partial charge is 0.334 e. The molecule has 1 unspecified atom stereocenters. The topological polar surface area (TPSA) is 46.5 Å². The summed E-state index contributed by atoms with van der Waals surface area (Å²) in [6.45, 7) is 7.81. The van der Waals surface area contributed by atoms with Crippen LogP contribution in [0.2, 0.25) is 0 Å². The van der Waals surface area contributed by atoms with Gasteiger partial charge < -0.3 is 9.84 Å². The number of carbonyl (C=O) groups is 1. The van der Waals surface area contributed by atoms with Crippen LogP contribution in [0.1, 0.15) is 33.1 Å². The molecule has 0 bridgehead atoms. The van der Waals surface area contributed by atoms with E-state index in [-0.39, 0.29) is 18.0 Å². The quantitative estimate of drug-likeness (QED) is 0.407. The maximum Gasteiger partial charge on any atom is 0.334 e. The SMILES string of the molecule is C=C1C(=O)OC2/C=C(\C)C[C@H](O)/C=C(\C)CC[C@H]12. The summed E-state index contributed by atoms with van der Waals surface area (Å²) in [6.07, 6.45) is 5.50. The number of allylic oxidation sites excluding steroid dienone is 1. The van der Waals surface area contributed by atoms with E-state index >= 15 is 0 Å². The molecule has 1 heterocycles. The number of carbonyl (C=O) groups excluding carboxylic acids is 1. The molecule has 0 aromatic rings. The number of aliphatic hydroxyl groups is 1. The molecule has 1 aliphatic carbocycles. The Hall–Kier alpha value is -1.35. The third kappa shape index (κ3) is 2.72. The van der Waals surface area contributed by atoms with Gasteiger partial charge in [0, 0.05) is 11.5 Å². The summed E-state index contributed by atoms with van der Waals surface area (Å²) in [5.74, 6) is -0.207. The highest BCUT2D eigenvalue weighted by Gasteiger charge is 2.37. The lowest BCUT2D eigenvalue weighted by atomic mass is 9.88. The fourth-order valence-electron chi connectivity index (χ4n) is 2.65. The second-order valence-electron chi connectivity index (χ2n) is 5.34. The molecule has 0 saturated carbocycles. The average molecular weight is 248 g/mol. The molecule has 3 nitrogen and oxygen atoms in total. The van der Waals surface area contributed by atoms with Crippen molar-refractivity contribution >= 4 is 5.97 Å². The van der Waals surface area contributed by atoms with Gasteiger partial charge in [-0.3, -0.25) is 0 Å². The number of aliphatic hydroxyl groups excluding tert-OH is 1. The number of fused-ring (bicyclic) bond motifs is 1. The van der Waals surface area contributed by atoms with Crippen LogP contribution >= 0.6 is 0 Å². The van der Waals surface area contributed by atoms with Gasteiger partial charge in [-0.15, -0.1) is 0 Å². The standard InChI is InChI=1S/C15H20O3/c1-9-4-5-13-11(3)15(17)18-14(13)8-10(2)7-12(16)6-9/h6,8,12-14,16H,3-5,7H2,1-2H3/b9-6+,10-8+/t12-,13-,14?/m1/s1. The first-order valence-corrected chi connectivity index (χ1v) is 6.40. The van der Waals surface area contributed by atoms with E-state index in [1.807, 2.05) is 26.0 Å². The number of esters is 1. The van der Waals surface area contributed by atoms with Gasteiger partial charge in [-0.25, -0.2) is 4.79 Å². The molecule has 0 spiro atoms. The third-order valence-corrected chi connectivity index (χ3v) is 3.66. The van der Waals surface area contributed by atoms with E-state index in [9.17, 15) is 9.90 Å². The van der Waals surface area contributed by atoms with Gasteiger partial charge in [0.2, 0.25) is 0 Å². The van der Waals surface area contributed by atoms with E-state index in [0.29, 0.717) is 12.0 Å². The van der Waals surface area contributed by atoms with E-state index in [1.165, 1.54) is 0 Å². The number of ether oxygens (including phenoxy) is 1. The second-order valence-corrected chi connectivity index (χ2v) is 5.34. The van der Waals surface area contributed by atoms with Crippen LogP contribution < -0.4 is 0 Å². The summed E-state index contributed by atoms with van der Waals surface area (Å²) in [7, 11) is 0. The fraction of sp³-hybridized carbons (Fsp3) is 0.533. The molecule has 0 aromatic carbocycles. The third-order valence-electron chi connectivity index (χ3n) is 3.66. The first-order chi connectivity index (χ1) is 8.47. The Bertz CT molecular complexity index is 431. The summed E-state index contributed by atoms with van der Waals surface area (Å²) < 4.78 is 5.33. The highest BCUT2D eigenvalue weighted by atomic mass is 16.5. The van der Waals surface area contributed by atoms with Crippen LogP contribution in [0.15, 0.2) is 35.5 Å². The minimum Gasteiger partial charge on any atom is -0.454 e. The van der Waals surface area contributed by atoms with Crippen LogP contribution in [0.4, 0.5) is 0 Å². The van der Waals surface area contributed by atoms with Crippen molar-refractivity contribution in [2.24, 2.45) is 5.92 Å².